The molecule has 1 N–H and O–H groups in total. The van der Waals surface area contributed by atoms with Crippen molar-refractivity contribution in [3.05, 3.63) is 0 Å². The second-order valence-corrected chi connectivity index (χ2v) is 4.88. The van der Waals surface area contributed by atoms with Gasteiger partial charge in [0.25, 0.3) is 0 Å². The number of hydrogen-bond donors (Lipinski definition) is 1. The molecule has 0 aromatic heterocycles. The van der Waals surface area contributed by atoms with Crippen LogP contribution in [0.4, 0.5) is 0 Å². The third-order valence-corrected chi connectivity index (χ3v) is 3.61. The lowest BCUT2D eigenvalue weighted by molar-refractivity contribution is -0.0544. The van der Waals surface area contributed by atoms with Crippen LogP contribution < -0.4 is 0 Å². The number of nitrogens with zero attached hydrogens (tertiary/aromatic N) is 2. The van der Waals surface area contributed by atoms with E-state index in [1.165, 1.54) is 38.9 Å². The topological polar surface area (TPSA) is 35.9 Å². The summed E-state index contributed by atoms with van der Waals surface area (Å²) in [7, 11) is 0. The molecule has 0 amide bonds. The molecule has 2 fully saturated rings. The van der Waals surface area contributed by atoms with Crippen LogP contribution in [0.15, 0.2) is 0 Å². The van der Waals surface area contributed by atoms with Crippen LogP contribution in [0.5, 0.6) is 0 Å². The first-order valence-corrected chi connectivity index (χ1v) is 6.55. The molecule has 0 radical (unpaired) electrons. The molecule has 94 valence electrons. The number of likely N-dealkylation sites (tertiary alicyclic amines) is 1. The molecule has 1 unspecified atom stereocenters. The summed E-state index contributed by atoms with van der Waals surface area (Å²) in [5, 5.41) is 9.06. The van der Waals surface area contributed by atoms with E-state index in [1.807, 2.05) is 0 Å². The Morgan fingerprint density at radius 1 is 1.00 bits per heavy atom. The minimum absolute atomic E-state index is 0.0371. The molecule has 2 saturated heterocycles. The van der Waals surface area contributed by atoms with Gasteiger partial charge in [0.2, 0.25) is 0 Å². The average Bonchev–Trinajstić information content (AvgIpc) is 2.38. The maximum absolute atomic E-state index is 9.06. The van der Waals surface area contributed by atoms with E-state index in [2.05, 4.69) is 9.80 Å². The number of ether oxygens (including phenoxy) is 1. The van der Waals surface area contributed by atoms with Crippen molar-refractivity contribution >= 4 is 0 Å². The van der Waals surface area contributed by atoms with Gasteiger partial charge in [0.05, 0.1) is 19.3 Å². The largest absolute Gasteiger partial charge is 0.394 e. The highest BCUT2D eigenvalue weighted by molar-refractivity contribution is 4.73. The molecule has 1 atom stereocenters. The molecule has 0 bridgehead atoms. The number of aliphatic hydroxyl groups is 1. The summed E-state index contributed by atoms with van der Waals surface area (Å²) in [6.45, 7) is 7.68. The van der Waals surface area contributed by atoms with Crippen molar-refractivity contribution in [3.63, 3.8) is 0 Å². The molecule has 0 aliphatic carbocycles. The molecule has 4 heteroatoms. The van der Waals surface area contributed by atoms with Gasteiger partial charge < -0.3 is 14.7 Å². The van der Waals surface area contributed by atoms with Crippen LogP contribution in [0.3, 0.4) is 0 Å². The van der Waals surface area contributed by atoms with Gasteiger partial charge in [-0.1, -0.05) is 6.42 Å². The van der Waals surface area contributed by atoms with E-state index in [-0.39, 0.29) is 12.7 Å². The Morgan fingerprint density at radius 3 is 2.50 bits per heavy atom. The lowest BCUT2D eigenvalue weighted by Gasteiger charge is -2.34. The third-order valence-electron chi connectivity index (χ3n) is 3.61. The van der Waals surface area contributed by atoms with Crippen LogP contribution >= 0.6 is 0 Å². The average molecular weight is 228 g/mol. The summed E-state index contributed by atoms with van der Waals surface area (Å²) >= 11 is 0. The molecule has 4 nitrogen and oxygen atoms in total. The number of hydrogen-bond acceptors (Lipinski definition) is 4. The lowest BCUT2D eigenvalue weighted by atomic mass is 10.1. The molecular weight excluding hydrogens is 204 g/mol. The molecular formula is C12H24N2O2. The van der Waals surface area contributed by atoms with Crippen LogP contribution in [0, 0.1) is 0 Å². The Kier molecular flexibility index (Phi) is 5.03. The summed E-state index contributed by atoms with van der Waals surface area (Å²) < 4.78 is 5.44. The first kappa shape index (κ1) is 12.3. The first-order chi connectivity index (χ1) is 7.88. The first-order valence-electron chi connectivity index (χ1n) is 6.55. The molecule has 2 aliphatic rings. The quantitative estimate of drug-likeness (QED) is 0.744. The second-order valence-electron chi connectivity index (χ2n) is 4.88. The highest BCUT2D eigenvalue weighted by Crippen LogP contribution is 2.09. The van der Waals surface area contributed by atoms with Gasteiger partial charge in [0.15, 0.2) is 0 Å². The fraction of sp³-hybridized carbons (Fsp3) is 1.00. The lowest BCUT2D eigenvalue weighted by Crippen LogP contribution is -2.47. The zero-order valence-corrected chi connectivity index (χ0v) is 10.1. The van der Waals surface area contributed by atoms with E-state index in [9.17, 15) is 0 Å². The van der Waals surface area contributed by atoms with Crippen molar-refractivity contribution in [2.45, 2.75) is 25.4 Å². The van der Waals surface area contributed by atoms with Crippen molar-refractivity contribution in [1.82, 2.24) is 9.80 Å². The van der Waals surface area contributed by atoms with Gasteiger partial charge in [-0.3, -0.25) is 4.90 Å². The predicted molar refractivity (Wildman–Crippen MR) is 63.6 cm³/mol. The molecule has 0 saturated carbocycles. The van der Waals surface area contributed by atoms with Crippen molar-refractivity contribution in [2.24, 2.45) is 0 Å². The van der Waals surface area contributed by atoms with E-state index in [0.717, 1.165) is 26.2 Å². The Hall–Kier alpha value is -0.160. The van der Waals surface area contributed by atoms with E-state index < -0.39 is 0 Å². The Labute approximate surface area is 98.2 Å². The Balaban J connectivity index is 1.64. The normalized spacial score (nSPS) is 29.4. The Morgan fingerprint density at radius 2 is 1.75 bits per heavy atom. The van der Waals surface area contributed by atoms with E-state index in [1.54, 1.807) is 0 Å². The summed E-state index contributed by atoms with van der Waals surface area (Å²) in [5.41, 5.74) is 0. The summed E-state index contributed by atoms with van der Waals surface area (Å²) in [6.07, 6.45) is 4.17. The van der Waals surface area contributed by atoms with Gasteiger partial charge in [-0.05, 0) is 25.9 Å². The van der Waals surface area contributed by atoms with Gasteiger partial charge in [-0.25, -0.2) is 0 Å². The van der Waals surface area contributed by atoms with Gasteiger partial charge in [-0.15, -0.1) is 0 Å². The van der Waals surface area contributed by atoms with Crippen molar-refractivity contribution in [3.8, 4) is 0 Å². The zero-order chi connectivity index (χ0) is 11.2. The molecule has 0 aromatic rings. The van der Waals surface area contributed by atoms with Crippen molar-refractivity contribution in [1.29, 1.82) is 0 Å². The van der Waals surface area contributed by atoms with Crippen LogP contribution in [-0.4, -0.2) is 73.5 Å². The van der Waals surface area contributed by atoms with Gasteiger partial charge >= 0.3 is 0 Å². The minimum Gasteiger partial charge on any atom is -0.394 e. The van der Waals surface area contributed by atoms with Gasteiger partial charge in [0.1, 0.15) is 0 Å². The van der Waals surface area contributed by atoms with Crippen LogP contribution in [-0.2, 0) is 4.74 Å². The standard InChI is InChI=1S/C12H24N2O2/c15-11-12-10-14(8-9-16-12)7-6-13-4-2-1-3-5-13/h12,15H,1-11H2. The molecule has 16 heavy (non-hydrogen) atoms. The third kappa shape index (κ3) is 3.70. The maximum atomic E-state index is 9.06. The maximum Gasteiger partial charge on any atom is 0.0932 e. The highest BCUT2D eigenvalue weighted by atomic mass is 16.5. The molecule has 2 aliphatic heterocycles. The second kappa shape index (κ2) is 6.55. The predicted octanol–water partition coefficient (Wildman–Crippen LogP) is 0.165. The number of morpholine rings is 1. The smallest absolute Gasteiger partial charge is 0.0932 e. The SMILES string of the molecule is OCC1CN(CCN2CCCCC2)CCO1. The highest BCUT2D eigenvalue weighted by Gasteiger charge is 2.20. The number of aliphatic hydroxyl groups excluding tert-OH is 1. The molecule has 2 heterocycles. The zero-order valence-electron chi connectivity index (χ0n) is 10.1. The van der Waals surface area contributed by atoms with E-state index in [4.69, 9.17) is 9.84 Å². The Bertz CT molecular complexity index is 195. The fourth-order valence-corrected chi connectivity index (χ4v) is 2.56. The van der Waals surface area contributed by atoms with E-state index >= 15 is 0 Å². The van der Waals surface area contributed by atoms with Crippen molar-refractivity contribution in [2.75, 3.05) is 52.5 Å². The molecule has 0 spiro atoms. The molecule has 2 rings (SSSR count). The monoisotopic (exact) mass is 228 g/mol. The fourth-order valence-electron chi connectivity index (χ4n) is 2.56. The minimum atomic E-state index is 0.0371. The summed E-state index contributed by atoms with van der Waals surface area (Å²) in [6, 6.07) is 0. The van der Waals surface area contributed by atoms with Crippen LogP contribution in [0.1, 0.15) is 19.3 Å². The van der Waals surface area contributed by atoms with Crippen LogP contribution in [0.2, 0.25) is 0 Å². The van der Waals surface area contributed by atoms with E-state index in [0.29, 0.717) is 0 Å². The number of rotatable bonds is 4. The summed E-state index contributed by atoms with van der Waals surface area (Å²) in [5.74, 6) is 0. The molecule has 0 aromatic carbocycles. The summed E-state index contributed by atoms with van der Waals surface area (Å²) in [4.78, 5) is 4.98. The van der Waals surface area contributed by atoms with Gasteiger partial charge in [0, 0.05) is 26.2 Å². The van der Waals surface area contributed by atoms with Gasteiger partial charge in [-0.2, -0.15) is 0 Å². The van der Waals surface area contributed by atoms with Crippen LogP contribution in [0.25, 0.3) is 0 Å². The van der Waals surface area contributed by atoms with Crippen molar-refractivity contribution < 1.29 is 9.84 Å². The number of piperidine rings is 1.